The maximum Gasteiger partial charge on any atom is 0.148 e. The molecule has 5 heteroatoms. The molecule has 1 aromatic heterocycles. The highest BCUT2D eigenvalue weighted by Crippen LogP contribution is 2.36. The first-order valence-corrected chi connectivity index (χ1v) is 6.44. The standard InChI is InChI=1S/C12H18ClN3O/c13-10-6-14-9-16-11(10)15-7-12(8-17)4-2-1-3-5-12/h6,9,17H,1-5,7-8H2,(H,14,15,16). The Morgan fingerprint density at radius 2 is 2.12 bits per heavy atom. The summed E-state index contributed by atoms with van der Waals surface area (Å²) in [5, 5.41) is 13.3. The summed E-state index contributed by atoms with van der Waals surface area (Å²) >= 11 is 5.98. The van der Waals surface area contributed by atoms with E-state index in [1.54, 1.807) is 6.20 Å². The van der Waals surface area contributed by atoms with E-state index in [1.165, 1.54) is 25.6 Å². The van der Waals surface area contributed by atoms with Crippen LogP contribution in [0.1, 0.15) is 32.1 Å². The van der Waals surface area contributed by atoms with Crippen LogP contribution >= 0.6 is 11.6 Å². The van der Waals surface area contributed by atoms with E-state index in [0.717, 1.165) is 19.4 Å². The third-order valence-corrected chi connectivity index (χ3v) is 3.82. The van der Waals surface area contributed by atoms with Gasteiger partial charge in [0.2, 0.25) is 0 Å². The largest absolute Gasteiger partial charge is 0.396 e. The second-order valence-corrected chi connectivity index (χ2v) is 5.20. The molecule has 0 atom stereocenters. The zero-order chi connectivity index (χ0) is 12.1. The number of halogens is 1. The molecule has 4 nitrogen and oxygen atoms in total. The zero-order valence-electron chi connectivity index (χ0n) is 9.82. The quantitative estimate of drug-likeness (QED) is 0.868. The number of nitrogens with zero attached hydrogens (tertiary/aromatic N) is 2. The molecule has 2 rings (SSSR count). The number of aliphatic hydroxyl groups excluding tert-OH is 1. The van der Waals surface area contributed by atoms with Crippen LogP contribution in [0.2, 0.25) is 5.02 Å². The smallest absolute Gasteiger partial charge is 0.148 e. The van der Waals surface area contributed by atoms with Crippen LogP contribution in [0.4, 0.5) is 5.82 Å². The van der Waals surface area contributed by atoms with Crippen LogP contribution in [0.25, 0.3) is 0 Å². The summed E-state index contributed by atoms with van der Waals surface area (Å²) in [4.78, 5) is 7.94. The number of hydrogen-bond donors (Lipinski definition) is 2. The summed E-state index contributed by atoms with van der Waals surface area (Å²) in [5.74, 6) is 0.653. The second kappa shape index (κ2) is 5.65. The summed E-state index contributed by atoms with van der Waals surface area (Å²) in [5.41, 5.74) is -0.00741. The Morgan fingerprint density at radius 3 is 2.76 bits per heavy atom. The van der Waals surface area contributed by atoms with Crippen molar-refractivity contribution in [1.29, 1.82) is 0 Å². The Bertz CT molecular complexity index is 367. The van der Waals surface area contributed by atoms with Gasteiger partial charge in [-0.15, -0.1) is 0 Å². The van der Waals surface area contributed by atoms with Crippen molar-refractivity contribution in [3.63, 3.8) is 0 Å². The normalized spacial score (nSPS) is 18.9. The van der Waals surface area contributed by atoms with Crippen molar-refractivity contribution >= 4 is 17.4 Å². The highest BCUT2D eigenvalue weighted by molar-refractivity contribution is 6.32. The van der Waals surface area contributed by atoms with Gasteiger partial charge >= 0.3 is 0 Å². The summed E-state index contributed by atoms with van der Waals surface area (Å²) in [6.07, 6.45) is 8.85. The molecule has 1 heterocycles. The Kier molecular flexibility index (Phi) is 4.18. The van der Waals surface area contributed by atoms with Gasteiger partial charge in [0.1, 0.15) is 17.2 Å². The maximum absolute atomic E-state index is 9.58. The van der Waals surface area contributed by atoms with Gasteiger partial charge in [0.25, 0.3) is 0 Å². The monoisotopic (exact) mass is 255 g/mol. The van der Waals surface area contributed by atoms with Gasteiger partial charge in [-0.3, -0.25) is 0 Å². The number of anilines is 1. The Balaban J connectivity index is 1.98. The summed E-state index contributed by atoms with van der Waals surface area (Å²) in [6, 6.07) is 0. The molecule has 17 heavy (non-hydrogen) atoms. The third-order valence-electron chi connectivity index (χ3n) is 3.55. The number of hydrogen-bond acceptors (Lipinski definition) is 4. The minimum atomic E-state index is -0.00741. The summed E-state index contributed by atoms with van der Waals surface area (Å²) in [7, 11) is 0. The fourth-order valence-electron chi connectivity index (χ4n) is 2.41. The van der Waals surface area contributed by atoms with Crippen LogP contribution in [0.3, 0.4) is 0 Å². The van der Waals surface area contributed by atoms with Crippen LogP contribution in [-0.4, -0.2) is 28.2 Å². The van der Waals surface area contributed by atoms with Gasteiger partial charge in [0, 0.05) is 12.0 Å². The van der Waals surface area contributed by atoms with Gasteiger partial charge in [0.15, 0.2) is 0 Å². The number of aromatic nitrogens is 2. The fraction of sp³-hybridized carbons (Fsp3) is 0.667. The Hall–Kier alpha value is -0.870. The molecule has 0 bridgehead atoms. The minimum Gasteiger partial charge on any atom is -0.396 e. The van der Waals surface area contributed by atoms with Crippen molar-refractivity contribution in [2.24, 2.45) is 5.41 Å². The lowest BCUT2D eigenvalue weighted by Gasteiger charge is -2.35. The van der Waals surface area contributed by atoms with E-state index >= 15 is 0 Å². The van der Waals surface area contributed by atoms with E-state index in [0.29, 0.717) is 10.8 Å². The lowest BCUT2D eigenvalue weighted by molar-refractivity contribution is 0.0943. The second-order valence-electron chi connectivity index (χ2n) is 4.79. The number of aliphatic hydroxyl groups is 1. The molecule has 0 aliphatic heterocycles. The van der Waals surface area contributed by atoms with Gasteiger partial charge in [-0.05, 0) is 12.8 Å². The first-order valence-electron chi connectivity index (χ1n) is 6.06. The molecule has 0 spiro atoms. The highest BCUT2D eigenvalue weighted by atomic mass is 35.5. The molecular formula is C12H18ClN3O. The molecule has 0 amide bonds. The van der Waals surface area contributed by atoms with Gasteiger partial charge in [-0.1, -0.05) is 30.9 Å². The average Bonchev–Trinajstić information content (AvgIpc) is 2.39. The topological polar surface area (TPSA) is 58.0 Å². The van der Waals surface area contributed by atoms with Crippen LogP contribution in [-0.2, 0) is 0 Å². The Morgan fingerprint density at radius 1 is 1.35 bits per heavy atom. The first kappa shape index (κ1) is 12.6. The van der Waals surface area contributed by atoms with Crippen molar-refractivity contribution in [3.8, 4) is 0 Å². The average molecular weight is 256 g/mol. The van der Waals surface area contributed by atoms with Crippen LogP contribution < -0.4 is 5.32 Å². The SMILES string of the molecule is OCC1(CNc2ncncc2Cl)CCCCC1. The zero-order valence-corrected chi connectivity index (χ0v) is 10.6. The maximum atomic E-state index is 9.58. The van der Waals surface area contributed by atoms with E-state index in [9.17, 15) is 5.11 Å². The van der Waals surface area contributed by atoms with E-state index in [-0.39, 0.29) is 12.0 Å². The number of nitrogens with one attached hydrogen (secondary N) is 1. The predicted molar refractivity (Wildman–Crippen MR) is 68.1 cm³/mol. The molecule has 0 radical (unpaired) electrons. The summed E-state index contributed by atoms with van der Waals surface area (Å²) < 4.78 is 0. The van der Waals surface area contributed by atoms with Crippen molar-refractivity contribution in [2.75, 3.05) is 18.5 Å². The van der Waals surface area contributed by atoms with Crippen LogP contribution in [0.15, 0.2) is 12.5 Å². The molecule has 2 N–H and O–H groups in total. The van der Waals surface area contributed by atoms with Gasteiger partial charge in [-0.2, -0.15) is 0 Å². The highest BCUT2D eigenvalue weighted by Gasteiger charge is 2.31. The summed E-state index contributed by atoms with van der Waals surface area (Å²) in [6.45, 7) is 0.947. The van der Waals surface area contributed by atoms with Crippen LogP contribution in [0, 0.1) is 5.41 Å². The molecule has 1 aliphatic carbocycles. The van der Waals surface area contributed by atoms with Crippen LogP contribution in [0.5, 0.6) is 0 Å². The first-order chi connectivity index (χ1) is 8.26. The van der Waals surface area contributed by atoms with E-state index in [1.807, 2.05) is 0 Å². The van der Waals surface area contributed by atoms with Crippen molar-refractivity contribution in [1.82, 2.24) is 9.97 Å². The molecule has 0 saturated heterocycles. The van der Waals surface area contributed by atoms with Crippen molar-refractivity contribution < 1.29 is 5.11 Å². The lowest BCUT2D eigenvalue weighted by atomic mass is 9.74. The molecule has 1 aromatic rings. The van der Waals surface area contributed by atoms with Gasteiger partial charge in [0.05, 0.1) is 12.8 Å². The minimum absolute atomic E-state index is 0.00741. The van der Waals surface area contributed by atoms with E-state index in [2.05, 4.69) is 15.3 Å². The number of rotatable bonds is 4. The molecule has 1 aliphatic rings. The van der Waals surface area contributed by atoms with Crippen molar-refractivity contribution in [2.45, 2.75) is 32.1 Å². The predicted octanol–water partition coefficient (Wildman–Crippen LogP) is 2.48. The molecule has 94 valence electrons. The third kappa shape index (κ3) is 3.07. The van der Waals surface area contributed by atoms with E-state index < -0.39 is 0 Å². The van der Waals surface area contributed by atoms with Crippen molar-refractivity contribution in [3.05, 3.63) is 17.5 Å². The molecular weight excluding hydrogens is 238 g/mol. The molecule has 1 fully saturated rings. The van der Waals surface area contributed by atoms with E-state index in [4.69, 9.17) is 11.6 Å². The Labute approximate surface area is 106 Å². The van der Waals surface area contributed by atoms with Gasteiger partial charge < -0.3 is 10.4 Å². The fourth-order valence-corrected chi connectivity index (χ4v) is 2.58. The lowest BCUT2D eigenvalue weighted by Crippen LogP contribution is -2.35. The molecule has 0 aromatic carbocycles. The molecule has 0 unspecified atom stereocenters. The molecule has 1 saturated carbocycles. The van der Waals surface area contributed by atoms with Gasteiger partial charge in [-0.25, -0.2) is 9.97 Å².